The molecule has 0 heterocycles. The van der Waals surface area contributed by atoms with Crippen molar-refractivity contribution in [3.05, 3.63) is 35.4 Å². The Labute approximate surface area is 110 Å². The molecular weight excluding hydrogens is 222 g/mol. The Morgan fingerprint density at radius 2 is 1.83 bits per heavy atom. The van der Waals surface area contributed by atoms with Gasteiger partial charge in [-0.3, -0.25) is 0 Å². The summed E-state index contributed by atoms with van der Waals surface area (Å²) in [4.78, 5) is 0. The first kappa shape index (κ1) is 13.6. The third-order valence-electron chi connectivity index (χ3n) is 4.37. The first-order valence-corrected chi connectivity index (χ1v) is 7.14. The molecule has 1 aromatic carbocycles. The molecule has 0 spiro atoms. The molecule has 2 heteroatoms. The number of hydrogen-bond acceptors (Lipinski definition) is 2. The lowest BCUT2D eigenvalue weighted by Crippen LogP contribution is -2.31. The average Bonchev–Trinajstić information content (AvgIpc) is 2.87. The molecule has 0 saturated heterocycles. The van der Waals surface area contributed by atoms with E-state index in [0.29, 0.717) is 0 Å². The van der Waals surface area contributed by atoms with Crippen molar-refractivity contribution in [2.75, 3.05) is 6.54 Å². The molecule has 100 valence electrons. The maximum Gasteiger partial charge on any atom is 0.0515 e. The van der Waals surface area contributed by atoms with Crippen molar-refractivity contribution >= 4 is 0 Å². The van der Waals surface area contributed by atoms with Crippen LogP contribution in [-0.4, -0.2) is 17.8 Å². The molecule has 1 aliphatic rings. The average molecular weight is 247 g/mol. The minimum atomic E-state index is -0.213. The summed E-state index contributed by atoms with van der Waals surface area (Å²) in [6.45, 7) is 2.61. The summed E-state index contributed by atoms with van der Waals surface area (Å²) < 4.78 is 0. The lowest BCUT2D eigenvalue weighted by Gasteiger charge is -2.28. The van der Waals surface area contributed by atoms with Crippen LogP contribution in [0.4, 0.5) is 0 Å². The first-order valence-electron chi connectivity index (χ1n) is 7.14. The van der Waals surface area contributed by atoms with Crippen molar-refractivity contribution in [2.24, 2.45) is 5.73 Å². The number of aliphatic hydroxyl groups is 1. The fraction of sp³-hybridized carbons (Fsp3) is 0.625. The number of nitrogens with two attached hydrogens (primary N) is 1. The summed E-state index contributed by atoms with van der Waals surface area (Å²) in [6.07, 6.45) is 6.65. The van der Waals surface area contributed by atoms with E-state index < -0.39 is 0 Å². The highest BCUT2D eigenvalue weighted by Crippen LogP contribution is 2.40. The van der Waals surface area contributed by atoms with E-state index in [-0.39, 0.29) is 11.5 Å². The van der Waals surface area contributed by atoms with Gasteiger partial charge in [-0.05, 0) is 43.7 Å². The van der Waals surface area contributed by atoms with Crippen molar-refractivity contribution in [3.63, 3.8) is 0 Å². The van der Waals surface area contributed by atoms with Crippen LogP contribution in [0.2, 0.25) is 0 Å². The van der Waals surface area contributed by atoms with Gasteiger partial charge in [0.15, 0.2) is 0 Å². The van der Waals surface area contributed by atoms with Gasteiger partial charge >= 0.3 is 0 Å². The molecule has 1 atom stereocenters. The van der Waals surface area contributed by atoms with Crippen LogP contribution >= 0.6 is 0 Å². The van der Waals surface area contributed by atoms with E-state index in [1.807, 2.05) is 6.92 Å². The molecule has 1 aliphatic carbocycles. The number of aliphatic hydroxyl groups excluding tert-OH is 1. The summed E-state index contributed by atoms with van der Waals surface area (Å²) >= 11 is 0. The van der Waals surface area contributed by atoms with Gasteiger partial charge in [0.1, 0.15) is 0 Å². The number of aryl methyl sites for hydroxylation is 1. The van der Waals surface area contributed by atoms with Crippen molar-refractivity contribution in [2.45, 2.75) is 57.0 Å². The lowest BCUT2D eigenvalue weighted by molar-refractivity contribution is 0.185. The van der Waals surface area contributed by atoms with E-state index in [4.69, 9.17) is 5.73 Å². The normalized spacial score (nSPS) is 19.9. The van der Waals surface area contributed by atoms with Crippen LogP contribution in [0.1, 0.15) is 50.2 Å². The SMILES string of the molecule is CC(O)CCc1ccc(C2(CN)CCCC2)cc1. The molecule has 2 nitrogen and oxygen atoms in total. The van der Waals surface area contributed by atoms with E-state index >= 15 is 0 Å². The standard InChI is InChI=1S/C16H25NO/c1-13(18)4-5-14-6-8-15(9-7-14)16(12-17)10-2-3-11-16/h6-9,13,18H,2-5,10-12,17H2,1H3. The molecule has 0 bridgehead atoms. The fourth-order valence-corrected chi connectivity index (χ4v) is 3.06. The molecule has 0 radical (unpaired) electrons. The zero-order valence-electron chi connectivity index (χ0n) is 11.4. The summed E-state index contributed by atoms with van der Waals surface area (Å²) in [7, 11) is 0. The summed E-state index contributed by atoms with van der Waals surface area (Å²) in [5.74, 6) is 0. The smallest absolute Gasteiger partial charge is 0.0515 e. The van der Waals surface area contributed by atoms with Gasteiger partial charge in [0.2, 0.25) is 0 Å². The molecule has 0 aromatic heterocycles. The minimum Gasteiger partial charge on any atom is -0.393 e. The maximum atomic E-state index is 9.30. The Kier molecular flexibility index (Phi) is 4.41. The second-order valence-electron chi connectivity index (χ2n) is 5.78. The van der Waals surface area contributed by atoms with Gasteiger partial charge in [0.05, 0.1) is 6.10 Å². The topological polar surface area (TPSA) is 46.2 Å². The lowest BCUT2D eigenvalue weighted by atomic mass is 9.78. The molecule has 1 unspecified atom stereocenters. The van der Waals surface area contributed by atoms with E-state index in [2.05, 4.69) is 24.3 Å². The molecule has 0 aliphatic heterocycles. The van der Waals surface area contributed by atoms with E-state index in [1.54, 1.807) is 0 Å². The van der Waals surface area contributed by atoms with E-state index in [9.17, 15) is 5.11 Å². The Morgan fingerprint density at radius 1 is 1.22 bits per heavy atom. The number of benzene rings is 1. The third-order valence-corrected chi connectivity index (χ3v) is 4.37. The zero-order valence-corrected chi connectivity index (χ0v) is 11.4. The Balaban J connectivity index is 2.07. The van der Waals surface area contributed by atoms with Gasteiger partial charge in [-0.15, -0.1) is 0 Å². The number of hydrogen-bond donors (Lipinski definition) is 2. The molecule has 3 N–H and O–H groups in total. The molecule has 18 heavy (non-hydrogen) atoms. The quantitative estimate of drug-likeness (QED) is 0.840. The monoisotopic (exact) mass is 247 g/mol. The largest absolute Gasteiger partial charge is 0.393 e. The predicted octanol–water partition coefficient (Wildman–Crippen LogP) is 2.77. The van der Waals surface area contributed by atoms with Crippen molar-refractivity contribution in [1.82, 2.24) is 0 Å². The molecule has 0 amide bonds. The first-order chi connectivity index (χ1) is 8.66. The zero-order chi connectivity index (χ0) is 13.0. The van der Waals surface area contributed by atoms with Crippen molar-refractivity contribution < 1.29 is 5.11 Å². The van der Waals surface area contributed by atoms with Crippen LogP contribution in [0.25, 0.3) is 0 Å². The highest BCUT2D eigenvalue weighted by molar-refractivity contribution is 5.30. The van der Waals surface area contributed by atoms with Crippen LogP contribution in [-0.2, 0) is 11.8 Å². The third kappa shape index (κ3) is 2.93. The predicted molar refractivity (Wildman–Crippen MR) is 75.6 cm³/mol. The summed E-state index contributed by atoms with van der Waals surface area (Å²) in [5, 5.41) is 9.30. The van der Waals surface area contributed by atoms with Gasteiger partial charge in [0, 0.05) is 12.0 Å². The van der Waals surface area contributed by atoms with Crippen LogP contribution in [0.5, 0.6) is 0 Å². The van der Waals surface area contributed by atoms with Crippen LogP contribution in [0, 0.1) is 0 Å². The molecule has 1 fully saturated rings. The molecule has 1 saturated carbocycles. The molecule has 2 rings (SSSR count). The van der Waals surface area contributed by atoms with Gasteiger partial charge in [-0.1, -0.05) is 37.1 Å². The second kappa shape index (κ2) is 5.85. The minimum absolute atomic E-state index is 0.213. The van der Waals surface area contributed by atoms with Gasteiger partial charge in [-0.2, -0.15) is 0 Å². The van der Waals surface area contributed by atoms with Crippen molar-refractivity contribution in [1.29, 1.82) is 0 Å². The van der Waals surface area contributed by atoms with E-state index in [0.717, 1.165) is 19.4 Å². The van der Waals surface area contributed by atoms with Crippen LogP contribution in [0.3, 0.4) is 0 Å². The van der Waals surface area contributed by atoms with Crippen LogP contribution < -0.4 is 5.73 Å². The Hall–Kier alpha value is -0.860. The Bertz CT molecular complexity index is 363. The summed E-state index contributed by atoms with van der Waals surface area (Å²) in [5.41, 5.74) is 8.96. The highest BCUT2D eigenvalue weighted by Gasteiger charge is 2.33. The molecule has 1 aromatic rings. The van der Waals surface area contributed by atoms with Gasteiger partial charge in [-0.25, -0.2) is 0 Å². The Morgan fingerprint density at radius 3 is 2.33 bits per heavy atom. The maximum absolute atomic E-state index is 9.30. The number of rotatable bonds is 5. The van der Waals surface area contributed by atoms with Gasteiger partial charge in [0.25, 0.3) is 0 Å². The van der Waals surface area contributed by atoms with Crippen LogP contribution in [0.15, 0.2) is 24.3 Å². The molecular formula is C16H25NO. The fourth-order valence-electron chi connectivity index (χ4n) is 3.06. The summed E-state index contributed by atoms with van der Waals surface area (Å²) in [6, 6.07) is 8.89. The van der Waals surface area contributed by atoms with Gasteiger partial charge < -0.3 is 10.8 Å². The second-order valence-corrected chi connectivity index (χ2v) is 5.78. The van der Waals surface area contributed by atoms with Crippen molar-refractivity contribution in [3.8, 4) is 0 Å². The van der Waals surface area contributed by atoms with E-state index in [1.165, 1.54) is 36.8 Å². The highest BCUT2D eigenvalue weighted by atomic mass is 16.3.